The first-order valence-electron chi connectivity index (χ1n) is 3.60. The molecule has 0 bridgehead atoms. The van der Waals surface area contributed by atoms with Crippen LogP contribution >= 0.6 is 0 Å². The molecule has 0 aromatic carbocycles. The van der Waals surface area contributed by atoms with Crippen LogP contribution in [0.5, 0.6) is 0 Å². The summed E-state index contributed by atoms with van der Waals surface area (Å²) in [5, 5.41) is 0. The van der Waals surface area contributed by atoms with E-state index < -0.39 is 0 Å². The molecule has 0 fully saturated rings. The Morgan fingerprint density at radius 3 is 2.55 bits per heavy atom. The van der Waals surface area contributed by atoms with Gasteiger partial charge < -0.3 is 10.2 Å². The highest BCUT2D eigenvalue weighted by Crippen LogP contribution is 2.20. The second-order valence-corrected chi connectivity index (χ2v) is 2.94. The maximum atomic E-state index is 12.4. The third-order valence-electron chi connectivity index (χ3n) is 1.63. The summed E-state index contributed by atoms with van der Waals surface area (Å²) in [7, 11) is 0. The van der Waals surface area contributed by atoms with Gasteiger partial charge in [0.05, 0.1) is 6.04 Å². The van der Waals surface area contributed by atoms with Crippen molar-refractivity contribution < 1.29 is 8.81 Å². The average molecular weight is 157 g/mol. The fourth-order valence-electron chi connectivity index (χ4n) is 0.832. The number of rotatable bonds is 2. The fraction of sp³-hybridized carbons (Fsp3) is 0.500. The minimum atomic E-state index is -0.365. The topological polar surface area (TPSA) is 39.2 Å². The maximum absolute atomic E-state index is 12.4. The lowest BCUT2D eigenvalue weighted by Gasteiger charge is -2.11. The Balaban J connectivity index is 2.76. The molecule has 0 aliphatic rings. The largest absolute Gasteiger partial charge is 0.465 e. The summed E-state index contributed by atoms with van der Waals surface area (Å²) in [6, 6.07) is 1.12. The van der Waals surface area contributed by atoms with Crippen LogP contribution in [0.2, 0.25) is 0 Å². The van der Waals surface area contributed by atoms with Crippen molar-refractivity contribution in [1.29, 1.82) is 0 Å². The van der Waals surface area contributed by atoms with Gasteiger partial charge in [0.2, 0.25) is 0 Å². The molecule has 0 saturated heterocycles. The molecule has 0 unspecified atom stereocenters. The summed E-state index contributed by atoms with van der Waals surface area (Å²) in [6.07, 6.45) is 1.07. The van der Waals surface area contributed by atoms with E-state index in [1.54, 1.807) is 0 Å². The van der Waals surface area contributed by atoms with Gasteiger partial charge in [-0.2, -0.15) is 0 Å². The zero-order valence-electron chi connectivity index (χ0n) is 6.67. The van der Waals surface area contributed by atoms with Crippen molar-refractivity contribution in [3.05, 3.63) is 23.9 Å². The highest BCUT2D eigenvalue weighted by molar-refractivity contribution is 5.06. The summed E-state index contributed by atoms with van der Waals surface area (Å²) in [5.74, 6) is 0.411. The molecule has 0 radical (unpaired) electrons. The van der Waals surface area contributed by atoms with Crippen molar-refractivity contribution in [2.75, 3.05) is 0 Å². The molecule has 1 atom stereocenters. The predicted molar refractivity (Wildman–Crippen MR) is 40.4 cm³/mol. The first-order valence-corrected chi connectivity index (χ1v) is 3.60. The van der Waals surface area contributed by atoms with E-state index in [0.717, 1.165) is 6.26 Å². The highest BCUT2D eigenvalue weighted by Gasteiger charge is 2.14. The van der Waals surface area contributed by atoms with Crippen LogP contribution < -0.4 is 5.73 Å². The summed E-state index contributed by atoms with van der Waals surface area (Å²) in [6.45, 7) is 3.93. The lowest BCUT2D eigenvalue weighted by atomic mass is 10.0. The van der Waals surface area contributed by atoms with Crippen molar-refractivity contribution >= 4 is 0 Å². The highest BCUT2D eigenvalue weighted by atomic mass is 19.1. The first kappa shape index (κ1) is 8.27. The lowest BCUT2D eigenvalue weighted by Crippen LogP contribution is -2.15. The Kier molecular flexibility index (Phi) is 2.29. The van der Waals surface area contributed by atoms with Gasteiger partial charge in [-0.05, 0) is 5.92 Å². The third kappa shape index (κ3) is 1.80. The van der Waals surface area contributed by atoms with Gasteiger partial charge >= 0.3 is 0 Å². The second kappa shape index (κ2) is 3.05. The Morgan fingerprint density at radius 1 is 1.55 bits per heavy atom. The zero-order chi connectivity index (χ0) is 8.43. The smallest absolute Gasteiger partial charge is 0.161 e. The molecular formula is C8H12FNO. The van der Waals surface area contributed by atoms with Gasteiger partial charge in [-0.25, -0.2) is 4.39 Å². The van der Waals surface area contributed by atoms with Crippen LogP contribution in [-0.2, 0) is 0 Å². The van der Waals surface area contributed by atoms with Crippen LogP contribution in [-0.4, -0.2) is 0 Å². The van der Waals surface area contributed by atoms with Gasteiger partial charge in [0.25, 0.3) is 0 Å². The molecule has 1 rings (SSSR count). The first-order chi connectivity index (χ1) is 5.11. The lowest BCUT2D eigenvalue weighted by molar-refractivity contribution is 0.400. The number of furan rings is 1. The van der Waals surface area contributed by atoms with Gasteiger partial charge in [-0.1, -0.05) is 13.8 Å². The predicted octanol–water partition coefficient (Wildman–Crippen LogP) is 2.07. The standard InChI is InChI=1S/C8H12FNO/c1-5(2)8(10)7-3-6(9)4-11-7/h3-5,8H,10H2,1-2H3/t8-/m0/s1. The van der Waals surface area contributed by atoms with Crippen LogP contribution in [0.4, 0.5) is 4.39 Å². The molecule has 0 spiro atoms. The molecule has 11 heavy (non-hydrogen) atoms. The monoisotopic (exact) mass is 157 g/mol. The molecule has 62 valence electrons. The normalized spacial score (nSPS) is 13.9. The Labute approximate surface area is 65.2 Å². The molecular weight excluding hydrogens is 145 g/mol. The van der Waals surface area contributed by atoms with Crippen molar-refractivity contribution in [3.8, 4) is 0 Å². The number of halogens is 1. The van der Waals surface area contributed by atoms with E-state index in [9.17, 15) is 4.39 Å². The van der Waals surface area contributed by atoms with Gasteiger partial charge in [-0.15, -0.1) is 0 Å². The van der Waals surface area contributed by atoms with Gasteiger partial charge in [0, 0.05) is 6.07 Å². The van der Waals surface area contributed by atoms with E-state index in [0.29, 0.717) is 5.76 Å². The maximum Gasteiger partial charge on any atom is 0.161 e. The zero-order valence-corrected chi connectivity index (χ0v) is 6.67. The Hall–Kier alpha value is -0.830. The molecule has 0 aliphatic heterocycles. The molecule has 2 N–H and O–H groups in total. The van der Waals surface area contributed by atoms with Crippen LogP contribution in [0, 0.1) is 11.7 Å². The molecule has 3 heteroatoms. The third-order valence-corrected chi connectivity index (χ3v) is 1.63. The molecule has 0 amide bonds. The van der Waals surface area contributed by atoms with Gasteiger partial charge in [0.15, 0.2) is 5.82 Å². The Morgan fingerprint density at radius 2 is 2.18 bits per heavy atom. The van der Waals surface area contributed by atoms with Crippen LogP contribution in [0.1, 0.15) is 25.6 Å². The Bertz CT molecular complexity index is 232. The quantitative estimate of drug-likeness (QED) is 0.713. The van der Waals surface area contributed by atoms with Crippen molar-refractivity contribution in [3.63, 3.8) is 0 Å². The van der Waals surface area contributed by atoms with E-state index in [1.807, 2.05) is 13.8 Å². The number of nitrogens with two attached hydrogens (primary N) is 1. The van der Waals surface area contributed by atoms with E-state index in [1.165, 1.54) is 6.07 Å². The number of hydrogen-bond acceptors (Lipinski definition) is 2. The van der Waals surface area contributed by atoms with Gasteiger partial charge in [-0.3, -0.25) is 0 Å². The van der Waals surface area contributed by atoms with Crippen molar-refractivity contribution in [2.45, 2.75) is 19.9 Å². The van der Waals surface area contributed by atoms with Crippen LogP contribution in [0.3, 0.4) is 0 Å². The summed E-state index contributed by atoms with van der Waals surface area (Å²) < 4.78 is 17.3. The summed E-state index contributed by atoms with van der Waals surface area (Å²) in [5.41, 5.74) is 5.69. The summed E-state index contributed by atoms with van der Waals surface area (Å²) >= 11 is 0. The molecule has 1 aromatic rings. The molecule has 1 heterocycles. The molecule has 0 saturated carbocycles. The minimum absolute atomic E-state index is 0.209. The van der Waals surface area contributed by atoms with E-state index in [4.69, 9.17) is 10.2 Å². The van der Waals surface area contributed by atoms with E-state index >= 15 is 0 Å². The summed E-state index contributed by atoms with van der Waals surface area (Å²) in [4.78, 5) is 0. The fourth-order valence-corrected chi connectivity index (χ4v) is 0.832. The van der Waals surface area contributed by atoms with Crippen molar-refractivity contribution in [1.82, 2.24) is 0 Å². The second-order valence-electron chi connectivity index (χ2n) is 2.94. The van der Waals surface area contributed by atoms with Crippen molar-refractivity contribution in [2.24, 2.45) is 11.7 Å². The molecule has 0 aliphatic carbocycles. The average Bonchev–Trinajstić information content (AvgIpc) is 2.34. The molecule has 2 nitrogen and oxygen atoms in total. The van der Waals surface area contributed by atoms with E-state index in [2.05, 4.69) is 0 Å². The van der Waals surface area contributed by atoms with Crippen LogP contribution in [0.15, 0.2) is 16.7 Å². The van der Waals surface area contributed by atoms with E-state index in [-0.39, 0.29) is 17.8 Å². The molecule has 1 aromatic heterocycles. The minimum Gasteiger partial charge on any atom is -0.465 e. The van der Waals surface area contributed by atoms with Gasteiger partial charge in [0.1, 0.15) is 12.0 Å². The SMILES string of the molecule is CC(C)[C@H](N)c1cc(F)co1. The number of hydrogen-bond donors (Lipinski definition) is 1. The van der Waals surface area contributed by atoms with Crippen LogP contribution in [0.25, 0.3) is 0 Å².